The van der Waals surface area contributed by atoms with Gasteiger partial charge in [-0.25, -0.2) is 4.98 Å². The van der Waals surface area contributed by atoms with E-state index in [0.717, 1.165) is 47.1 Å². The lowest BCUT2D eigenvalue weighted by Gasteiger charge is -2.41. The molecule has 1 aliphatic carbocycles. The highest BCUT2D eigenvalue weighted by Crippen LogP contribution is 2.38. The Hall–Kier alpha value is -2.81. The van der Waals surface area contributed by atoms with Gasteiger partial charge >= 0.3 is 0 Å². The summed E-state index contributed by atoms with van der Waals surface area (Å²) in [7, 11) is 1.95. The number of carbonyl (C=O) groups excluding carboxylic acids is 1. The maximum atomic E-state index is 13.5. The number of nitrogens with one attached hydrogen (secondary N) is 1. The fourth-order valence-corrected chi connectivity index (χ4v) is 5.94. The Morgan fingerprint density at radius 3 is 2.75 bits per heavy atom. The van der Waals surface area contributed by atoms with Gasteiger partial charge in [0, 0.05) is 31.0 Å². The van der Waals surface area contributed by atoms with Crippen LogP contribution in [0.15, 0.2) is 36.7 Å². The van der Waals surface area contributed by atoms with Gasteiger partial charge in [0.25, 0.3) is 5.91 Å². The number of fused-ring (bicyclic) bond motifs is 1. The van der Waals surface area contributed by atoms with Gasteiger partial charge < -0.3 is 14.6 Å². The van der Waals surface area contributed by atoms with Crippen LogP contribution in [0.2, 0.25) is 5.15 Å². The van der Waals surface area contributed by atoms with Crippen LogP contribution in [-0.4, -0.2) is 45.4 Å². The summed E-state index contributed by atoms with van der Waals surface area (Å²) in [6.45, 7) is 3.43. The van der Waals surface area contributed by atoms with E-state index in [1.807, 2.05) is 29.8 Å². The minimum Gasteiger partial charge on any atom is -0.379 e. The Morgan fingerprint density at radius 1 is 1.19 bits per heavy atom. The van der Waals surface area contributed by atoms with Crippen molar-refractivity contribution in [3.63, 3.8) is 0 Å². The summed E-state index contributed by atoms with van der Waals surface area (Å²) in [6.07, 6.45) is 7.72. The van der Waals surface area contributed by atoms with Crippen molar-refractivity contribution in [1.29, 1.82) is 0 Å². The lowest BCUT2D eigenvalue weighted by atomic mass is 9.75. The van der Waals surface area contributed by atoms with Gasteiger partial charge in [-0.2, -0.15) is 0 Å². The number of carbonyl (C=O) groups is 1. The van der Waals surface area contributed by atoms with E-state index in [0.29, 0.717) is 37.2 Å². The number of pyridine rings is 1. The van der Waals surface area contributed by atoms with Gasteiger partial charge in [0.15, 0.2) is 0 Å². The molecule has 4 heterocycles. The average Bonchev–Trinajstić information content (AvgIpc) is 3.57. The molecule has 0 bridgehead atoms. The summed E-state index contributed by atoms with van der Waals surface area (Å²) < 4.78 is 7.56. The first-order valence-corrected chi connectivity index (χ1v) is 13.1. The molecule has 36 heavy (non-hydrogen) atoms. The first-order valence-electron chi connectivity index (χ1n) is 12.7. The molecule has 3 aliphatic rings. The molecular weight excluding hydrogens is 476 g/mol. The molecule has 2 aromatic heterocycles. The molecule has 0 spiro atoms. The van der Waals surface area contributed by atoms with E-state index in [1.165, 1.54) is 25.7 Å². The third-order valence-corrected chi connectivity index (χ3v) is 8.13. The number of hydrogen-bond acceptors (Lipinski definition) is 6. The summed E-state index contributed by atoms with van der Waals surface area (Å²) in [4.78, 5) is 19.8. The standard InChI is InChI=1S/C27H31ClN6O2/c1-33-17-30-32-25(33)11-27(15-36-16-27)21-7-6-20-14-34(26(35)22(20)10-21)24-9-19(8-23(28)31-24)13-29-12-18-4-2-3-5-18/h6-10,17-18,29H,2-5,11-16H2,1H3. The Labute approximate surface area is 216 Å². The van der Waals surface area contributed by atoms with Gasteiger partial charge in [-0.3, -0.25) is 9.69 Å². The van der Waals surface area contributed by atoms with Crippen molar-refractivity contribution in [3.05, 3.63) is 69.9 Å². The molecule has 1 aromatic carbocycles. The van der Waals surface area contributed by atoms with Crippen molar-refractivity contribution in [2.45, 2.75) is 50.6 Å². The van der Waals surface area contributed by atoms with E-state index in [9.17, 15) is 4.79 Å². The fourth-order valence-electron chi connectivity index (χ4n) is 5.71. The smallest absolute Gasteiger partial charge is 0.260 e. The highest BCUT2D eigenvalue weighted by molar-refractivity contribution is 6.29. The van der Waals surface area contributed by atoms with E-state index < -0.39 is 0 Å². The number of aromatic nitrogens is 4. The second kappa shape index (κ2) is 9.57. The van der Waals surface area contributed by atoms with Crippen LogP contribution in [0.3, 0.4) is 0 Å². The number of halogens is 1. The number of aryl methyl sites for hydroxylation is 1. The highest BCUT2D eigenvalue weighted by Gasteiger charge is 2.43. The molecule has 9 heteroatoms. The van der Waals surface area contributed by atoms with Gasteiger partial charge in [0.05, 0.1) is 19.8 Å². The van der Waals surface area contributed by atoms with Crippen molar-refractivity contribution in [3.8, 4) is 0 Å². The molecule has 2 fully saturated rings. The zero-order chi connectivity index (χ0) is 24.7. The lowest BCUT2D eigenvalue weighted by Crippen LogP contribution is -2.49. The number of anilines is 1. The van der Waals surface area contributed by atoms with Gasteiger partial charge in [0.1, 0.15) is 23.1 Å². The summed E-state index contributed by atoms with van der Waals surface area (Å²) in [5.74, 6) is 2.23. The van der Waals surface area contributed by atoms with Gasteiger partial charge in [-0.05, 0) is 60.2 Å². The Kier molecular flexibility index (Phi) is 6.27. The molecule has 1 saturated carbocycles. The Bertz CT molecular complexity index is 1280. The molecule has 188 valence electrons. The predicted molar refractivity (Wildman–Crippen MR) is 137 cm³/mol. The highest BCUT2D eigenvalue weighted by atomic mass is 35.5. The zero-order valence-electron chi connectivity index (χ0n) is 20.5. The van der Waals surface area contributed by atoms with Crippen LogP contribution in [0.4, 0.5) is 5.82 Å². The number of rotatable bonds is 8. The Morgan fingerprint density at radius 2 is 2.03 bits per heavy atom. The molecular formula is C27H31ClN6O2. The zero-order valence-corrected chi connectivity index (χ0v) is 21.3. The molecule has 2 aliphatic heterocycles. The van der Waals surface area contributed by atoms with Crippen LogP contribution in [0.5, 0.6) is 0 Å². The Balaban J connectivity index is 1.20. The van der Waals surface area contributed by atoms with Crippen LogP contribution >= 0.6 is 11.6 Å². The van der Waals surface area contributed by atoms with E-state index in [1.54, 1.807) is 11.2 Å². The molecule has 1 saturated heterocycles. The van der Waals surface area contributed by atoms with E-state index >= 15 is 0 Å². The summed E-state index contributed by atoms with van der Waals surface area (Å²) >= 11 is 6.38. The summed E-state index contributed by atoms with van der Waals surface area (Å²) in [6, 6.07) is 10.1. The molecule has 0 atom stereocenters. The third kappa shape index (κ3) is 4.42. The predicted octanol–water partition coefficient (Wildman–Crippen LogP) is 3.81. The minimum atomic E-state index is -0.198. The third-order valence-electron chi connectivity index (χ3n) is 7.94. The summed E-state index contributed by atoms with van der Waals surface area (Å²) in [5, 5.41) is 12.2. The van der Waals surface area contributed by atoms with Crippen LogP contribution < -0.4 is 10.2 Å². The van der Waals surface area contributed by atoms with Crippen LogP contribution in [-0.2, 0) is 36.7 Å². The topological polar surface area (TPSA) is 85.2 Å². The normalized spacial score (nSPS) is 19.1. The van der Waals surface area contributed by atoms with Gasteiger partial charge in [-0.15, -0.1) is 10.2 Å². The quantitative estimate of drug-likeness (QED) is 0.468. The second-order valence-corrected chi connectivity index (χ2v) is 10.9. The lowest BCUT2D eigenvalue weighted by molar-refractivity contribution is -0.0611. The number of benzene rings is 1. The molecule has 8 nitrogen and oxygen atoms in total. The number of nitrogens with zero attached hydrogens (tertiary/aromatic N) is 5. The van der Waals surface area contributed by atoms with Crippen molar-refractivity contribution >= 4 is 23.3 Å². The second-order valence-electron chi connectivity index (χ2n) is 10.5. The number of amides is 1. The van der Waals surface area contributed by atoms with Crippen LogP contribution in [0.25, 0.3) is 0 Å². The van der Waals surface area contributed by atoms with Gasteiger partial charge in [0.2, 0.25) is 0 Å². The molecule has 0 unspecified atom stereocenters. The molecule has 6 rings (SSSR count). The number of hydrogen-bond donors (Lipinski definition) is 1. The van der Waals surface area contributed by atoms with E-state index in [2.05, 4.69) is 32.6 Å². The van der Waals surface area contributed by atoms with Crippen molar-refractivity contribution < 1.29 is 9.53 Å². The first kappa shape index (κ1) is 23.6. The number of ether oxygens (including phenoxy) is 1. The fraction of sp³-hybridized carbons (Fsp3) is 0.481. The van der Waals surface area contributed by atoms with E-state index in [4.69, 9.17) is 16.3 Å². The van der Waals surface area contributed by atoms with Crippen LogP contribution in [0.1, 0.15) is 58.6 Å². The maximum absolute atomic E-state index is 13.5. The minimum absolute atomic E-state index is 0.0412. The molecule has 0 radical (unpaired) electrons. The van der Waals surface area contributed by atoms with Crippen molar-refractivity contribution in [2.75, 3.05) is 24.7 Å². The SMILES string of the molecule is Cn1cnnc1CC1(c2ccc3c(c2)C(=O)N(c2cc(CNCC4CCCC4)cc(Cl)n2)C3)COC1. The van der Waals surface area contributed by atoms with E-state index in [-0.39, 0.29) is 11.3 Å². The van der Waals surface area contributed by atoms with Crippen molar-refractivity contribution in [1.82, 2.24) is 25.1 Å². The summed E-state index contributed by atoms with van der Waals surface area (Å²) in [5.41, 5.74) is 3.67. The van der Waals surface area contributed by atoms with Crippen LogP contribution in [0, 0.1) is 5.92 Å². The molecule has 1 amide bonds. The largest absolute Gasteiger partial charge is 0.379 e. The van der Waals surface area contributed by atoms with Crippen molar-refractivity contribution in [2.24, 2.45) is 13.0 Å². The average molecular weight is 507 g/mol. The maximum Gasteiger partial charge on any atom is 0.260 e. The molecule has 3 aromatic rings. The first-order chi connectivity index (χ1) is 17.5. The monoisotopic (exact) mass is 506 g/mol. The molecule has 1 N–H and O–H groups in total. The van der Waals surface area contributed by atoms with Gasteiger partial charge in [-0.1, -0.05) is 36.6 Å².